The van der Waals surface area contributed by atoms with Gasteiger partial charge in [-0.1, -0.05) is 18.5 Å². The molecular weight excluding hydrogens is 318 g/mol. The van der Waals surface area contributed by atoms with Gasteiger partial charge in [0.1, 0.15) is 4.90 Å². The summed E-state index contributed by atoms with van der Waals surface area (Å²) in [5, 5.41) is 13.6. The topological polar surface area (TPSA) is 101 Å². The average Bonchev–Trinajstić information content (AvgIpc) is 2.40. The molecule has 0 spiro atoms. The Balaban J connectivity index is 2.25. The highest BCUT2D eigenvalue weighted by molar-refractivity contribution is 7.89. The van der Waals surface area contributed by atoms with Gasteiger partial charge >= 0.3 is 0 Å². The van der Waals surface area contributed by atoms with Crippen LogP contribution in [0.5, 0.6) is 0 Å². The first-order chi connectivity index (χ1) is 9.81. The quantitative estimate of drug-likeness (QED) is 0.642. The monoisotopic (exact) mass is 333 g/mol. The molecule has 116 valence electrons. The highest BCUT2D eigenvalue weighted by atomic mass is 35.5. The van der Waals surface area contributed by atoms with Gasteiger partial charge in [-0.25, -0.2) is 13.1 Å². The lowest BCUT2D eigenvalue weighted by Crippen LogP contribution is -2.50. The highest BCUT2D eigenvalue weighted by Gasteiger charge is 2.28. The minimum absolute atomic E-state index is 0.146. The van der Waals surface area contributed by atoms with Crippen molar-refractivity contribution in [2.24, 2.45) is 5.92 Å². The van der Waals surface area contributed by atoms with Gasteiger partial charge in [-0.05, 0) is 24.9 Å². The molecule has 1 aliphatic rings. The van der Waals surface area contributed by atoms with E-state index >= 15 is 0 Å². The number of benzene rings is 1. The fraction of sp³-hybridized carbons (Fsp3) is 0.500. The molecule has 0 aromatic heterocycles. The summed E-state index contributed by atoms with van der Waals surface area (Å²) < 4.78 is 27.3. The fourth-order valence-electron chi connectivity index (χ4n) is 2.23. The Bertz CT molecular complexity index is 650. The predicted molar refractivity (Wildman–Crippen MR) is 78.9 cm³/mol. The number of hydrogen-bond donors (Lipinski definition) is 2. The Kier molecular flexibility index (Phi) is 4.82. The molecule has 0 bridgehead atoms. The van der Waals surface area contributed by atoms with E-state index in [0.29, 0.717) is 6.54 Å². The van der Waals surface area contributed by atoms with E-state index in [-0.39, 0.29) is 27.6 Å². The molecule has 2 rings (SSSR count). The van der Waals surface area contributed by atoms with E-state index in [0.717, 1.165) is 31.2 Å². The predicted octanol–water partition coefficient (Wildman–Crippen LogP) is 1.52. The van der Waals surface area contributed by atoms with Crippen molar-refractivity contribution >= 4 is 27.3 Å². The summed E-state index contributed by atoms with van der Waals surface area (Å²) in [4.78, 5) is 9.88. The van der Waals surface area contributed by atoms with E-state index in [4.69, 9.17) is 11.6 Å². The summed E-state index contributed by atoms with van der Waals surface area (Å²) in [5.41, 5.74) is -0.244. The second-order valence-corrected chi connectivity index (χ2v) is 7.16. The van der Waals surface area contributed by atoms with E-state index in [1.807, 2.05) is 6.92 Å². The lowest BCUT2D eigenvalue weighted by atomic mass is 9.96. The van der Waals surface area contributed by atoms with Gasteiger partial charge in [0.15, 0.2) is 0 Å². The van der Waals surface area contributed by atoms with Gasteiger partial charge < -0.3 is 5.32 Å². The Morgan fingerprint density at radius 2 is 2.19 bits per heavy atom. The van der Waals surface area contributed by atoms with Crippen molar-refractivity contribution in [1.82, 2.24) is 10.0 Å². The molecule has 1 aromatic rings. The second-order valence-electron chi connectivity index (χ2n) is 5.07. The van der Waals surface area contributed by atoms with Crippen LogP contribution < -0.4 is 10.0 Å². The molecule has 7 nitrogen and oxygen atoms in total. The zero-order valence-corrected chi connectivity index (χ0v) is 12.9. The van der Waals surface area contributed by atoms with Crippen molar-refractivity contribution < 1.29 is 13.3 Å². The Morgan fingerprint density at radius 3 is 2.76 bits per heavy atom. The molecule has 2 atom stereocenters. The molecule has 9 heteroatoms. The van der Waals surface area contributed by atoms with Crippen molar-refractivity contribution in [1.29, 1.82) is 0 Å². The van der Waals surface area contributed by atoms with Gasteiger partial charge in [-0.15, -0.1) is 0 Å². The second kappa shape index (κ2) is 6.27. The van der Waals surface area contributed by atoms with Crippen molar-refractivity contribution in [3.63, 3.8) is 0 Å². The number of rotatable bonds is 4. The van der Waals surface area contributed by atoms with Crippen LogP contribution in [0.25, 0.3) is 0 Å². The molecule has 2 N–H and O–H groups in total. The summed E-state index contributed by atoms with van der Waals surface area (Å²) in [6, 6.07) is 3.10. The lowest BCUT2D eigenvalue weighted by molar-refractivity contribution is -0.384. The third-order valence-electron chi connectivity index (χ3n) is 3.55. The van der Waals surface area contributed by atoms with E-state index in [1.54, 1.807) is 0 Å². The number of halogens is 1. The number of nitrogens with one attached hydrogen (secondary N) is 2. The first-order valence-electron chi connectivity index (χ1n) is 6.48. The molecule has 0 saturated carbocycles. The minimum Gasteiger partial charge on any atom is -0.315 e. The Morgan fingerprint density at radius 1 is 1.48 bits per heavy atom. The van der Waals surface area contributed by atoms with Crippen LogP contribution in [0.3, 0.4) is 0 Å². The number of non-ortho nitro benzene ring substituents is 1. The number of piperidine rings is 1. The maximum atomic E-state index is 12.4. The van der Waals surface area contributed by atoms with Crippen molar-refractivity contribution in [3.8, 4) is 0 Å². The molecule has 0 amide bonds. The molecule has 2 unspecified atom stereocenters. The molecule has 1 saturated heterocycles. The van der Waals surface area contributed by atoms with Crippen LogP contribution in [0.15, 0.2) is 23.1 Å². The SMILES string of the molecule is CC1CCNCC1NS(=O)(=O)c1ccc([N+](=O)[O-])cc1Cl. The van der Waals surface area contributed by atoms with Gasteiger partial charge in [0, 0.05) is 24.7 Å². The summed E-state index contributed by atoms with van der Waals surface area (Å²) in [6.45, 7) is 3.38. The van der Waals surface area contributed by atoms with Crippen molar-refractivity contribution in [3.05, 3.63) is 33.3 Å². The molecule has 1 aromatic carbocycles. The standard InChI is InChI=1S/C12H16ClN3O4S/c1-8-4-5-14-7-11(8)15-21(19,20)12-3-2-9(16(17)18)6-10(12)13/h2-3,6,8,11,14-15H,4-5,7H2,1H3. The van der Waals surface area contributed by atoms with E-state index in [9.17, 15) is 18.5 Å². The molecule has 0 radical (unpaired) electrons. The van der Waals surface area contributed by atoms with Gasteiger partial charge in [0.25, 0.3) is 5.69 Å². The van der Waals surface area contributed by atoms with Gasteiger partial charge in [0.2, 0.25) is 10.0 Å². The van der Waals surface area contributed by atoms with Gasteiger partial charge in [-0.3, -0.25) is 10.1 Å². The van der Waals surface area contributed by atoms with E-state index < -0.39 is 14.9 Å². The number of nitro groups is 1. The number of nitrogens with zero attached hydrogens (tertiary/aromatic N) is 1. The van der Waals surface area contributed by atoms with Crippen LogP contribution in [0.2, 0.25) is 5.02 Å². The summed E-state index contributed by atoms with van der Waals surface area (Å²) in [7, 11) is -3.81. The van der Waals surface area contributed by atoms with Crippen LogP contribution in [-0.2, 0) is 10.0 Å². The van der Waals surface area contributed by atoms with Crippen LogP contribution in [0, 0.1) is 16.0 Å². The van der Waals surface area contributed by atoms with Crippen LogP contribution in [0.4, 0.5) is 5.69 Å². The molecular formula is C12H16ClN3O4S. The fourth-order valence-corrected chi connectivity index (χ4v) is 4.12. The molecule has 21 heavy (non-hydrogen) atoms. The van der Waals surface area contributed by atoms with Crippen molar-refractivity contribution in [2.45, 2.75) is 24.3 Å². The van der Waals surface area contributed by atoms with Crippen molar-refractivity contribution in [2.75, 3.05) is 13.1 Å². The van der Waals surface area contributed by atoms with Gasteiger partial charge in [0.05, 0.1) is 9.95 Å². The van der Waals surface area contributed by atoms with Crippen LogP contribution in [-0.4, -0.2) is 32.5 Å². The Labute approximate surface area is 127 Å². The molecule has 1 heterocycles. The number of nitro benzene ring substituents is 1. The first kappa shape index (κ1) is 16.2. The summed E-state index contributed by atoms with van der Waals surface area (Å²) in [5.74, 6) is 0.206. The smallest absolute Gasteiger partial charge is 0.271 e. The van der Waals surface area contributed by atoms with Crippen LogP contribution >= 0.6 is 11.6 Å². The maximum absolute atomic E-state index is 12.4. The third kappa shape index (κ3) is 3.70. The highest BCUT2D eigenvalue weighted by Crippen LogP contribution is 2.26. The number of hydrogen-bond acceptors (Lipinski definition) is 5. The Hall–Kier alpha value is -1.22. The largest absolute Gasteiger partial charge is 0.315 e. The summed E-state index contributed by atoms with van der Waals surface area (Å²) >= 11 is 5.87. The summed E-state index contributed by atoms with van der Waals surface area (Å²) in [6.07, 6.45) is 0.876. The lowest BCUT2D eigenvalue weighted by Gasteiger charge is -2.30. The average molecular weight is 334 g/mol. The first-order valence-corrected chi connectivity index (χ1v) is 8.34. The number of sulfonamides is 1. The van der Waals surface area contributed by atoms with E-state index in [2.05, 4.69) is 10.0 Å². The van der Waals surface area contributed by atoms with E-state index in [1.165, 1.54) is 0 Å². The molecule has 1 fully saturated rings. The normalized spacial score (nSPS) is 23.0. The minimum atomic E-state index is -3.81. The van der Waals surface area contributed by atoms with Gasteiger partial charge in [-0.2, -0.15) is 0 Å². The zero-order valence-electron chi connectivity index (χ0n) is 11.4. The molecule has 0 aliphatic carbocycles. The van der Waals surface area contributed by atoms with Crippen LogP contribution in [0.1, 0.15) is 13.3 Å². The third-order valence-corrected chi connectivity index (χ3v) is 5.52. The molecule has 1 aliphatic heterocycles. The zero-order chi connectivity index (χ0) is 15.6. The maximum Gasteiger partial charge on any atom is 0.271 e.